The molecule has 0 aliphatic heterocycles. The average Bonchev–Trinajstić information content (AvgIpc) is 2.29. The van der Waals surface area contributed by atoms with Crippen LogP contribution in [0.2, 0.25) is 0 Å². The first-order valence-electron chi connectivity index (χ1n) is 5.57. The molecule has 16 heavy (non-hydrogen) atoms. The number of carboxylic acid groups (broad SMARTS) is 1. The van der Waals surface area contributed by atoms with Crippen molar-refractivity contribution in [3.63, 3.8) is 0 Å². The summed E-state index contributed by atoms with van der Waals surface area (Å²) in [6.07, 6.45) is 3.66. The van der Waals surface area contributed by atoms with Crippen LogP contribution in [0.1, 0.15) is 37.2 Å². The van der Waals surface area contributed by atoms with E-state index < -0.39 is 5.97 Å². The maximum Gasteiger partial charge on any atom is 0.356 e. The lowest BCUT2D eigenvalue weighted by Crippen LogP contribution is -2.11. The molecule has 88 valence electrons. The molecule has 1 atom stereocenters. The summed E-state index contributed by atoms with van der Waals surface area (Å²) >= 11 is 0. The van der Waals surface area contributed by atoms with Gasteiger partial charge in [-0.3, -0.25) is 0 Å². The van der Waals surface area contributed by atoms with Crippen LogP contribution < -0.4 is 5.32 Å². The van der Waals surface area contributed by atoms with Crippen LogP contribution in [0, 0.1) is 5.92 Å². The van der Waals surface area contributed by atoms with Crippen molar-refractivity contribution in [3.05, 3.63) is 24.0 Å². The summed E-state index contributed by atoms with van der Waals surface area (Å²) in [6.45, 7) is 5.11. The van der Waals surface area contributed by atoms with Gasteiger partial charge in [0.25, 0.3) is 0 Å². The summed E-state index contributed by atoms with van der Waals surface area (Å²) in [6, 6.07) is 3.48. The molecule has 1 aromatic heterocycles. The van der Waals surface area contributed by atoms with Gasteiger partial charge in [-0.25, -0.2) is 9.78 Å². The predicted molar refractivity (Wildman–Crippen MR) is 63.8 cm³/mol. The fraction of sp³-hybridized carbons (Fsp3) is 0.500. The molecule has 0 radical (unpaired) electrons. The number of hydrogen-bond acceptors (Lipinski definition) is 3. The third-order valence-corrected chi connectivity index (χ3v) is 2.66. The number of carbonyl (C=O) groups is 1. The van der Waals surface area contributed by atoms with E-state index in [1.807, 2.05) is 0 Å². The van der Waals surface area contributed by atoms with Crippen LogP contribution in [-0.4, -0.2) is 22.6 Å². The fourth-order valence-electron chi connectivity index (χ4n) is 1.38. The van der Waals surface area contributed by atoms with Crippen molar-refractivity contribution in [1.29, 1.82) is 0 Å². The summed E-state index contributed by atoms with van der Waals surface area (Å²) in [7, 11) is 0. The minimum Gasteiger partial charge on any atom is -0.476 e. The number of aromatic carboxylic acids is 1. The Morgan fingerprint density at radius 1 is 1.62 bits per heavy atom. The van der Waals surface area contributed by atoms with E-state index >= 15 is 0 Å². The lowest BCUT2D eigenvalue weighted by molar-refractivity contribution is 0.0691. The molecule has 1 rings (SSSR count). The van der Waals surface area contributed by atoms with Crippen LogP contribution in [0.3, 0.4) is 0 Å². The van der Waals surface area contributed by atoms with E-state index in [4.69, 9.17) is 5.11 Å². The van der Waals surface area contributed by atoms with Crippen LogP contribution in [0.25, 0.3) is 0 Å². The molecule has 0 fully saturated rings. The van der Waals surface area contributed by atoms with E-state index in [-0.39, 0.29) is 5.69 Å². The van der Waals surface area contributed by atoms with Crippen molar-refractivity contribution in [2.24, 2.45) is 5.92 Å². The molecular formula is C12H18N2O2. The first-order chi connectivity index (χ1) is 7.65. The molecule has 4 heteroatoms. The van der Waals surface area contributed by atoms with E-state index in [2.05, 4.69) is 24.1 Å². The molecular weight excluding hydrogens is 204 g/mol. The van der Waals surface area contributed by atoms with Gasteiger partial charge in [0, 0.05) is 12.7 Å². The molecule has 0 amide bonds. The van der Waals surface area contributed by atoms with Crippen molar-refractivity contribution >= 4 is 11.7 Å². The number of hydrogen-bond donors (Lipinski definition) is 2. The summed E-state index contributed by atoms with van der Waals surface area (Å²) < 4.78 is 0. The third-order valence-electron chi connectivity index (χ3n) is 2.66. The van der Waals surface area contributed by atoms with Gasteiger partial charge in [-0.05, 0) is 24.5 Å². The standard InChI is InChI=1S/C12H18N2O2/c1-3-9(2)6-8-13-10-5-4-7-14-11(10)12(15)16/h4-5,7,9,13H,3,6,8H2,1-2H3,(H,15,16). The van der Waals surface area contributed by atoms with E-state index in [1.165, 1.54) is 6.20 Å². The number of nitrogens with one attached hydrogen (secondary N) is 1. The molecule has 1 aromatic rings. The minimum atomic E-state index is -0.994. The predicted octanol–water partition coefficient (Wildman–Crippen LogP) is 2.63. The molecule has 0 saturated carbocycles. The Morgan fingerprint density at radius 3 is 3.00 bits per heavy atom. The van der Waals surface area contributed by atoms with Crippen LogP contribution in [0.4, 0.5) is 5.69 Å². The second kappa shape index (κ2) is 6.10. The highest BCUT2D eigenvalue weighted by Gasteiger charge is 2.10. The molecule has 0 bridgehead atoms. The van der Waals surface area contributed by atoms with Gasteiger partial charge < -0.3 is 10.4 Å². The number of pyridine rings is 1. The summed E-state index contributed by atoms with van der Waals surface area (Å²) in [5, 5.41) is 12.0. The Hall–Kier alpha value is -1.58. The van der Waals surface area contributed by atoms with Gasteiger partial charge in [-0.15, -0.1) is 0 Å². The maximum absolute atomic E-state index is 10.9. The average molecular weight is 222 g/mol. The molecule has 4 nitrogen and oxygen atoms in total. The molecule has 0 spiro atoms. The largest absolute Gasteiger partial charge is 0.476 e. The van der Waals surface area contributed by atoms with E-state index in [0.29, 0.717) is 11.6 Å². The van der Waals surface area contributed by atoms with Crippen molar-refractivity contribution < 1.29 is 9.90 Å². The van der Waals surface area contributed by atoms with Crippen molar-refractivity contribution in [3.8, 4) is 0 Å². The topological polar surface area (TPSA) is 62.2 Å². The Labute approximate surface area is 95.7 Å². The van der Waals surface area contributed by atoms with E-state index in [0.717, 1.165) is 19.4 Å². The van der Waals surface area contributed by atoms with Crippen molar-refractivity contribution in [2.75, 3.05) is 11.9 Å². The monoisotopic (exact) mass is 222 g/mol. The first-order valence-corrected chi connectivity index (χ1v) is 5.57. The normalized spacial score (nSPS) is 12.1. The zero-order valence-electron chi connectivity index (χ0n) is 9.73. The van der Waals surface area contributed by atoms with Gasteiger partial charge in [0.15, 0.2) is 5.69 Å². The molecule has 0 aliphatic carbocycles. The second-order valence-corrected chi connectivity index (χ2v) is 3.93. The minimum absolute atomic E-state index is 0.0895. The van der Waals surface area contributed by atoms with Gasteiger partial charge in [0.2, 0.25) is 0 Å². The number of anilines is 1. The Balaban J connectivity index is 2.56. The highest BCUT2D eigenvalue weighted by atomic mass is 16.4. The number of rotatable bonds is 6. The number of nitrogens with zero attached hydrogens (tertiary/aromatic N) is 1. The van der Waals surface area contributed by atoms with Crippen LogP contribution in [0.15, 0.2) is 18.3 Å². The van der Waals surface area contributed by atoms with Crippen LogP contribution in [-0.2, 0) is 0 Å². The van der Waals surface area contributed by atoms with Crippen molar-refractivity contribution in [1.82, 2.24) is 4.98 Å². The third kappa shape index (κ3) is 3.53. The molecule has 1 unspecified atom stereocenters. The van der Waals surface area contributed by atoms with Gasteiger partial charge in [0.1, 0.15) is 0 Å². The van der Waals surface area contributed by atoms with Gasteiger partial charge in [0.05, 0.1) is 5.69 Å². The number of carboxylic acids is 1. The van der Waals surface area contributed by atoms with E-state index in [9.17, 15) is 4.79 Å². The highest BCUT2D eigenvalue weighted by Crippen LogP contribution is 2.13. The first kappa shape index (κ1) is 12.5. The molecule has 0 aromatic carbocycles. The summed E-state index contributed by atoms with van der Waals surface area (Å²) in [4.78, 5) is 14.7. The van der Waals surface area contributed by atoms with Crippen molar-refractivity contribution in [2.45, 2.75) is 26.7 Å². The van der Waals surface area contributed by atoms with E-state index in [1.54, 1.807) is 12.1 Å². The summed E-state index contributed by atoms with van der Waals surface area (Å²) in [5.74, 6) is -0.343. The summed E-state index contributed by atoms with van der Waals surface area (Å²) in [5.41, 5.74) is 0.685. The van der Waals surface area contributed by atoms with Crippen LogP contribution in [0.5, 0.6) is 0 Å². The van der Waals surface area contributed by atoms with Crippen LogP contribution >= 0.6 is 0 Å². The lowest BCUT2D eigenvalue weighted by atomic mass is 10.1. The Bertz CT molecular complexity index is 353. The molecule has 1 heterocycles. The highest BCUT2D eigenvalue weighted by molar-refractivity contribution is 5.91. The Morgan fingerprint density at radius 2 is 2.38 bits per heavy atom. The second-order valence-electron chi connectivity index (χ2n) is 3.93. The molecule has 2 N–H and O–H groups in total. The Kier molecular flexibility index (Phi) is 4.76. The van der Waals surface area contributed by atoms with Gasteiger partial charge >= 0.3 is 5.97 Å². The fourth-order valence-corrected chi connectivity index (χ4v) is 1.38. The maximum atomic E-state index is 10.9. The molecule has 0 saturated heterocycles. The smallest absolute Gasteiger partial charge is 0.356 e. The quantitative estimate of drug-likeness (QED) is 0.776. The molecule has 0 aliphatic rings. The zero-order valence-corrected chi connectivity index (χ0v) is 9.73. The number of aromatic nitrogens is 1. The lowest BCUT2D eigenvalue weighted by Gasteiger charge is -2.11. The van der Waals surface area contributed by atoms with Gasteiger partial charge in [-0.2, -0.15) is 0 Å². The van der Waals surface area contributed by atoms with Gasteiger partial charge in [-0.1, -0.05) is 20.3 Å². The zero-order chi connectivity index (χ0) is 12.0. The SMILES string of the molecule is CCC(C)CCNc1cccnc1C(=O)O.